The van der Waals surface area contributed by atoms with E-state index in [4.69, 9.17) is 16.3 Å². The van der Waals surface area contributed by atoms with E-state index in [9.17, 15) is 9.59 Å². The highest BCUT2D eigenvalue weighted by Crippen LogP contribution is 2.27. The molecule has 2 amide bonds. The molecule has 0 saturated carbocycles. The maximum absolute atomic E-state index is 12.5. The van der Waals surface area contributed by atoms with Gasteiger partial charge < -0.3 is 15.4 Å². The molecule has 3 rings (SSSR count). The van der Waals surface area contributed by atoms with Gasteiger partial charge in [0.05, 0.1) is 35.5 Å². The molecule has 3 aromatic rings. The average Bonchev–Trinajstić information content (AvgIpc) is 2.73. The topological polar surface area (TPSA) is 93.2 Å². The van der Waals surface area contributed by atoms with E-state index in [0.717, 1.165) is 5.69 Å². The van der Waals surface area contributed by atoms with Crippen LogP contribution in [0.1, 0.15) is 26.4 Å². The van der Waals surface area contributed by atoms with Crippen LogP contribution in [0.4, 0.5) is 5.69 Å². The van der Waals surface area contributed by atoms with Gasteiger partial charge in [0, 0.05) is 24.3 Å². The highest BCUT2D eigenvalue weighted by molar-refractivity contribution is 6.32. The van der Waals surface area contributed by atoms with E-state index in [1.807, 2.05) is 12.1 Å². The van der Waals surface area contributed by atoms with Crippen LogP contribution in [0.2, 0.25) is 5.02 Å². The van der Waals surface area contributed by atoms with Crippen LogP contribution in [0.5, 0.6) is 5.75 Å². The molecular weight excluding hydrogens is 380 g/mol. The quantitative estimate of drug-likeness (QED) is 0.666. The largest absolute Gasteiger partial charge is 0.495 e. The number of hydrogen-bond donors (Lipinski definition) is 2. The summed E-state index contributed by atoms with van der Waals surface area (Å²) >= 11 is 6.06. The first kappa shape index (κ1) is 19.3. The molecule has 2 heterocycles. The van der Waals surface area contributed by atoms with Crippen LogP contribution >= 0.6 is 11.6 Å². The maximum atomic E-state index is 12.5. The van der Waals surface area contributed by atoms with Crippen LogP contribution in [0.25, 0.3) is 0 Å². The zero-order valence-corrected chi connectivity index (χ0v) is 15.7. The fourth-order valence-corrected chi connectivity index (χ4v) is 2.67. The van der Waals surface area contributed by atoms with Crippen molar-refractivity contribution in [3.8, 4) is 5.75 Å². The summed E-state index contributed by atoms with van der Waals surface area (Å²) in [5, 5.41) is 5.84. The minimum Gasteiger partial charge on any atom is -0.495 e. The summed E-state index contributed by atoms with van der Waals surface area (Å²) in [6, 6.07) is 11.8. The second-order valence-corrected chi connectivity index (χ2v) is 6.18. The Kier molecular flexibility index (Phi) is 6.18. The molecule has 142 valence electrons. The first-order valence-corrected chi connectivity index (χ1v) is 8.72. The molecule has 0 aliphatic carbocycles. The first-order chi connectivity index (χ1) is 13.6. The van der Waals surface area contributed by atoms with Crippen molar-refractivity contribution >= 4 is 29.1 Å². The van der Waals surface area contributed by atoms with Crippen LogP contribution in [-0.4, -0.2) is 28.9 Å². The Bertz CT molecular complexity index is 996. The number of carbonyl (C=O) groups is 2. The number of ether oxygens (including phenoxy) is 1. The van der Waals surface area contributed by atoms with E-state index in [2.05, 4.69) is 20.6 Å². The Labute approximate surface area is 166 Å². The van der Waals surface area contributed by atoms with Crippen molar-refractivity contribution < 1.29 is 14.3 Å². The number of halogens is 1. The number of amides is 2. The summed E-state index contributed by atoms with van der Waals surface area (Å²) in [5.41, 5.74) is 1.75. The van der Waals surface area contributed by atoms with Crippen molar-refractivity contribution in [3.05, 3.63) is 82.9 Å². The molecule has 0 saturated heterocycles. The Hall–Kier alpha value is -3.45. The molecule has 28 heavy (non-hydrogen) atoms. The molecule has 0 aliphatic rings. The van der Waals surface area contributed by atoms with E-state index in [0.29, 0.717) is 16.5 Å². The van der Waals surface area contributed by atoms with Gasteiger partial charge >= 0.3 is 0 Å². The van der Waals surface area contributed by atoms with Crippen LogP contribution in [0.3, 0.4) is 0 Å². The smallest absolute Gasteiger partial charge is 0.257 e. The van der Waals surface area contributed by atoms with Gasteiger partial charge in [-0.05, 0) is 36.4 Å². The molecule has 8 heteroatoms. The van der Waals surface area contributed by atoms with E-state index in [-0.39, 0.29) is 23.6 Å². The molecule has 0 bridgehead atoms. The molecule has 0 spiro atoms. The Morgan fingerprint density at radius 3 is 2.54 bits per heavy atom. The van der Waals surface area contributed by atoms with Crippen molar-refractivity contribution in [3.63, 3.8) is 0 Å². The van der Waals surface area contributed by atoms with E-state index in [1.54, 1.807) is 30.5 Å². The summed E-state index contributed by atoms with van der Waals surface area (Å²) < 4.78 is 5.08. The summed E-state index contributed by atoms with van der Waals surface area (Å²) in [7, 11) is 1.51. The third kappa shape index (κ3) is 4.83. The molecule has 0 radical (unpaired) electrons. The minimum absolute atomic E-state index is 0.248. The second-order valence-electron chi connectivity index (χ2n) is 5.77. The lowest BCUT2D eigenvalue weighted by molar-refractivity contribution is 0.0950. The van der Waals surface area contributed by atoms with Gasteiger partial charge in [0.1, 0.15) is 5.75 Å². The van der Waals surface area contributed by atoms with Gasteiger partial charge in [0.2, 0.25) is 0 Å². The Morgan fingerprint density at radius 2 is 1.86 bits per heavy atom. The molecule has 2 aromatic heterocycles. The lowest BCUT2D eigenvalue weighted by Crippen LogP contribution is -2.24. The summed E-state index contributed by atoms with van der Waals surface area (Å²) in [5.74, 6) is -0.249. The van der Waals surface area contributed by atoms with Gasteiger partial charge in [-0.3, -0.25) is 19.6 Å². The molecule has 7 nitrogen and oxygen atoms in total. The number of pyridine rings is 2. The van der Waals surface area contributed by atoms with Crippen molar-refractivity contribution in [2.75, 3.05) is 12.4 Å². The van der Waals surface area contributed by atoms with Crippen molar-refractivity contribution in [1.82, 2.24) is 15.3 Å². The molecular formula is C20H17ClN4O3. The monoisotopic (exact) mass is 396 g/mol. The molecule has 0 atom stereocenters. The van der Waals surface area contributed by atoms with Gasteiger partial charge in [0.15, 0.2) is 0 Å². The summed E-state index contributed by atoms with van der Waals surface area (Å²) in [4.78, 5) is 32.9. The van der Waals surface area contributed by atoms with Crippen molar-refractivity contribution in [1.29, 1.82) is 0 Å². The zero-order valence-electron chi connectivity index (χ0n) is 15.0. The first-order valence-electron chi connectivity index (χ1n) is 8.35. The highest BCUT2D eigenvalue weighted by atomic mass is 35.5. The number of anilines is 1. The van der Waals surface area contributed by atoms with Crippen LogP contribution in [0, 0.1) is 0 Å². The third-order valence-corrected chi connectivity index (χ3v) is 4.12. The predicted octanol–water partition coefficient (Wildman–Crippen LogP) is 3.32. The van der Waals surface area contributed by atoms with Crippen molar-refractivity contribution in [2.24, 2.45) is 0 Å². The number of nitrogens with zero attached hydrogens (tertiary/aromatic N) is 2. The highest BCUT2D eigenvalue weighted by Gasteiger charge is 2.12. The summed E-state index contributed by atoms with van der Waals surface area (Å²) in [6.07, 6.45) is 4.43. The van der Waals surface area contributed by atoms with Gasteiger partial charge in [-0.2, -0.15) is 0 Å². The number of rotatable bonds is 6. The van der Waals surface area contributed by atoms with Crippen LogP contribution in [0.15, 0.2) is 61.1 Å². The van der Waals surface area contributed by atoms with Gasteiger partial charge in [-0.1, -0.05) is 17.7 Å². The van der Waals surface area contributed by atoms with Crippen LogP contribution < -0.4 is 15.4 Å². The lowest BCUT2D eigenvalue weighted by Gasteiger charge is -2.09. The number of nitrogens with one attached hydrogen (secondary N) is 2. The number of carbonyl (C=O) groups excluding carboxylic acids is 2. The number of methoxy groups -OCH3 is 1. The van der Waals surface area contributed by atoms with Crippen molar-refractivity contribution in [2.45, 2.75) is 6.54 Å². The van der Waals surface area contributed by atoms with E-state index >= 15 is 0 Å². The van der Waals surface area contributed by atoms with Gasteiger partial charge in [-0.25, -0.2) is 0 Å². The fraction of sp³-hybridized carbons (Fsp3) is 0.100. The van der Waals surface area contributed by atoms with Gasteiger partial charge in [0.25, 0.3) is 11.8 Å². The standard InChI is InChI=1S/C20H17ClN4O3/c1-28-18-6-5-15(9-17(18)21)25-20(27)14-8-13(10-22-11-14)19(26)24-12-16-4-2-3-7-23-16/h2-11H,12H2,1H3,(H,24,26)(H,25,27). The Balaban J connectivity index is 1.67. The van der Waals surface area contributed by atoms with Gasteiger partial charge in [-0.15, -0.1) is 0 Å². The zero-order chi connectivity index (χ0) is 19.9. The predicted molar refractivity (Wildman–Crippen MR) is 106 cm³/mol. The minimum atomic E-state index is -0.409. The Morgan fingerprint density at radius 1 is 1.07 bits per heavy atom. The van der Waals surface area contributed by atoms with Crippen LogP contribution in [-0.2, 0) is 6.54 Å². The second kappa shape index (κ2) is 8.96. The number of aromatic nitrogens is 2. The lowest BCUT2D eigenvalue weighted by atomic mass is 10.1. The number of benzene rings is 1. The number of hydrogen-bond acceptors (Lipinski definition) is 5. The molecule has 0 unspecified atom stereocenters. The van der Waals surface area contributed by atoms with E-state index < -0.39 is 5.91 Å². The SMILES string of the molecule is COc1ccc(NC(=O)c2cncc(C(=O)NCc3ccccn3)c2)cc1Cl. The molecule has 2 N–H and O–H groups in total. The summed E-state index contributed by atoms with van der Waals surface area (Å²) in [6.45, 7) is 0.278. The molecule has 0 aliphatic heterocycles. The normalized spacial score (nSPS) is 10.2. The van der Waals surface area contributed by atoms with E-state index in [1.165, 1.54) is 25.6 Å². The maximum Gasteiger partial charge on any atom is 0.257 e. The molecule has 0 fully saturated rings. The average molecular weight is 397 g/mol. The fourth-order valence-electron chi connectivity index (χ4n) is 2.41. The third-order valence-electron chi connectivity index (χ3n) is 3.83. The molecule has 1 aromatic carbocycles.